The van der Waals surface area contributed by atoms with E-state index in [2.05, 4.69) is 12.1 Å². The number of allylic oxidation sites excluding steroid dienone is 1. The molecule has 0 saturated carbocycles. The molecule has 126 valence electrons. The fraction of sp³-hybridized carbons (Fsp3) is 0.158. The summed E-state index contributed by atoms with van der Waals surface area (Å²) >= 11 is 6.18. The third kappa shape index (κ3) is 3.48. The van der Waals surface area contributed by atoms with Gasteiger partial charge in [-0.1, -0.05) is 41.9 Å². The Morgan fingerprint density at radius 3 is 2.58 bits per heavy atom. The van der Waals surface area contributed by atoms with Crippen LogP contribution >= 0.6 is 24.0 Å². The fourth-order valence-corrected chi connectivity index (χ4v) is 3.14. The van der Waals surface area contributed by atoms with Gasteiger partial charge in [-0.05, 0) is 36.8 Å². The van der Waals surface area contributed by atoms with E-state index in [1.54, 1.807) is 0 Å². The van der Waals surface area contributed by atoms with Crippen molar-refractivity contribution in [1.29, 1.82) is 0 Å². The van der Waals surface area contributed by atoms with E-state index in [0.717, 1.165) is 27.7 Å². The van der Waals surface area contributed by atoms with Gasteiger partial charge >= 0.3 is 0 Å². The molecule has 0 aliphatic rings. The van der Waals surface area contributed by atoms with Gasteiger partial charge in [0, 0.05) is 33.7 Å². The second kappa shape index (κ2) is 7.84. The molecule has 2 N–H and O–H groups in total. The molecule has 0 atom stereocenters. The number of halogens is 3. The van der Waals surface area contributed by atoms with E-state index in [4.69, 9.17) is 17.3 Å². The van der Waals surface area contributed by atoms with Gasteiger partial charge in [0.05, 0.1) is 6.54 Å². The van der Waals surface area contributed by atoms with Crippen molar-refractivity contribution >= 4 is 34.9 Å². The third-order valence-electron chi connectivity index (χ3n) is 4.00. The zero-order valence-electron chi connectivity index (χ0n) is 13.3. The lowest BCUT2D eigenvalue weighted by Crippen LogP contribution is -2.03. The Kier molecular flexibility index (Phi) is 6.05. The molecule has 0 saturated heterocycles. The van der Waals surface area contributed by atoms with Crippen LogP contribution in [0.1, 0.15) is 5.69 Å². The summed E-state index contributed by atoms with van der Waals surface area (Å²) in [5.74, 6) is -0.234. The summed E-state index contributed by atoms with van der Waals surface area (Å²) in [6.45, 7) is 2.38. The Hall–Kier alpha value is -1.81. The first kappa shape index (κ1) is 18.5. The molecule has 2 aromatic carbocycles. The van der Waals surface area contributed by atoms with Crippen LogP contribution in [0.5, 0.6) is 0 Å². The largest absolute Gasteiger partial charge is 0.337 e. The van der Waals surface area contributed by atoms with Crippen LogP contribution in [-0.2, 0) is 6.54 Å². The minimum atomic E-state index is -0.234. The monoisotopic (exact) mass is 364 g/mol. The van der Waals surface area contributed by atoms with E-state index in [0.29, 0.717) is 5.02 Å². The zero-order chi connectivity index (χ0) is 16.4. The van der Waals surface area contributed by atoms with Gasteiger partial charge in [0.15, 0.2) is 0 Å². The summed E-state index contributed by atoms with van der Waals surface area (Å²) in [6.07, 6.45) is 1.41. The lowest BCUT2D eigenvalue weighted by atomic mass is 10.0. The van der Waals surface area contributed by atoms with E-state index in [-0.39, 0.29) is 31.3 Å². The Bertz CT molecular complexity index is 870. The van der Waals surface area contributed by atoms with Crippen molar-refractivity contribution in [3.05, 3.63) is 71.2 Å². The Morgan fingerprint density at radius 2 is 1.92 bits per heavy atom. The van der Waals surface area contributed by atoms with Gasteiger partial charge < -0.3 is 10.3 Å². The van der Waals surface area contributed by atoms with Crippen LogP contribution in [-0.4, -0.2) is 11.1 Å². The number of hydrogen-bond donors (Lipinski definition) is 1. The maximum Gasteiger partial charge on any atom is 0.117 e. The molecule has 0 unspecified atom stereocenters. The van der Waals surface area contributed by atoms with Crippen LogP contribution in [0.4, 0.5) is 4.39 Å². The van der Waals surface area contributed by atoms with E-state index in [1.165, 1.54) is 6.08 Å². The van der Waals surface area contributed by atoms with Crippen molar-refractivity contribution in [2.24, 2.45) is 5.73 Å². The molecule has 3 rings (SSSR count). The minimum absolute atomic E-state index is 0. The number of aromatic nitrogens is 1. The quantitative estimate of drug-likeness (QED) is 0.650. The summed E-state index contributed by atoms with van der Waals surface area (Å²) in [5.41, 5.74) is 9.56. The standard InChI is InChI=1S/C19H18ClFN2.ClH/c1-13-19(14-5-3-2-4-6-14)17-11-15(20)7-8-18(17)23(13)12-16(21)9-10-22;/h2-9,11H,10,12,22H2,1H3;1H/b16-9-;. The summed E-state index contributed by atoms with van der Waals surface area (Å²) in [7, 11) is 0. The molecule has 1 aromatic heterocycles. The Morgan fingerprint density at radius 1 is 1.21 bits per heavy atom. The third-order valence-corrected chi connectivity index (χ3v) is 4.23. The number of fused-ring (bicyclic) bond motifs is 1. The topological polar surface area (TPSA) is 30.9 Å². The summed E-state index contributed by atoms with van der Waals surface area (Å²) in [5, 5.41) is 1.70. The number of nitrogens with zero attached hydrogens (tertiary/aromatic N) is 1. The van der Waals surface area contributed by atoms with Gasteiger partial charge in [0.1, 0.15) is 5.83 Å². The predicted octanol–water partition coefficient (Wildman–Crippen LogP) is 5.50. The highest BCUT2D eigenvalue weighted by molar-refractivity contribution is 6.31. The summed E-state index contributed by atoms with van der Waals surface area (Å²) < 4.78 is 16.0. The second-order valence-electron chi connectivity index (χ2n) is 5.46. The van der Waals surface area contributed by atoms with Gasteiger partial charge in [0.25, 0.3) is 0 Å². The smallest absolute Gasteiger partial charge is 0.117 e. The predicted molar refractivity (Wildman–Crippen MR) is 103 cm³/mol. The van der Waals surface area contributed by atoms with Crippen molar-refractivity contribution in [3.8, 4) is 11.1 Å². The first-order chi connectivity index (χ1) is 11.1. The highest BCUT2D eigenvalue weighted by Gasteiger charge is 2.16. The van der Waals surface area contributed by atoms with Crippen LogP contribution in [0.3, 0.4) is 0 Å². The normalized spacial score (nSPS) is 11.6. The molecule has 3 aromatic rings. The molecular weight excluding hydrogens is 346 g/mol. The second-order valence-corrected chi connectivity index (χ2v) is 5.90. The molecule has 1 heterocycles. The van der Waals surface area contributed by atoms with Crippen molar-refractivity contribution < 1.29 is 4.39 Å². The van der Waals surface area contributed by atoms with Crippen LogP contribution in [0.15, 0.2) is 60.4 Å². The van der Waals surface area contributed by atoms with Gasteiger partial charge in [0.2, 0.25) is 0 Å². The molecule has 0 spiro atoms. The highest BCUT2D eigenvalue weighted by Crippen LogP contribution is 2.36. The molecule has 0 amide bonds. The average Bonchev–Trinajstić information content (AvgIpc) is 2.80. The molecule has 0 aliphatic heterocycles. The fourth-order valence-electron chi connectivity index (χ4n) is 2.97. The van der Waals surface area contributed by atoms with Crippen LogP contribution < -0.4 is 5.73 Å². The average molecular weight is 365 g/mol. The first-order valence-corrected chi connectivity index (χ1v) is 7.88. The summed E-state index contributed by atoms with van der Waals surface area (Å²) in [6, 6.07) is 15.8. The molecule has 0 aliphatic carbocycles. The van der Waals surface area contributed by atoms with Crippen molar-refractivity contribution in [2.75, 3.05) is 6.54 Å². The van der Waals surface area contributed by atoms with E-state index in [9.17, 15) is 4.39 Å². The van der Waals surface area contributed by atoms with E-state index < -0.39 is 0 Å². The lowest BCUT2D eigenvalue weighted by molar-refractivity contribution is 0.555. The highest BCUT2D eigenvalue weighted by atomic mass is 35.5. The van der Waals surface area contributed by atoms with Crippen molar-refractivity contribution in [3.63, 3.8) is 0 Å². The van der Waals surface area contributed by atoms with Crippen molar-refractivity contribution in [1.82, 2.24) is 4.57 Å². The van der Waals surface area contributed by atoms with Gasteiger partial charge in [-0.15, -0.1) is 12.4 Å². The van der Waals surface area contributed by atoms with Crippen molar-refractivity contribution in [2.45, 2.75) is 13.5 Å². The Labute approximate surface area is 152 Å². The van der Waals surface area contributed by atoms with E-state index >= 15 is 0 Å². The van der Waals surface area contributed by atoms with Crippen LogP contribution in [0.25, 0.3) is 22.0 Å². The molecule has 24 heavy (non-hydrogen) atoms. The SMILES string of the molecule is Cc1c(-c2ccccc2)c2cc(Cl)ccc2n1C/C(F)=C/CN.Cl. The molecule has 0 fully saturated rings. The molecule has 0 radical (unpaired) electrons. The lowest BCUT2D eigenvalue weighted by Gasteiger charge is -2.07. The first-order valence-electron chi connectivity index (χ1n) is 7.50. The number of benzene rings is 2. The number of rotatable bonds is 4. The van der Waals surface area contributed by atoms with Crippen LogP contribution in [0.2, 0.25) is 5.02 Å². The maximum atomic E-state index is 14.0. The van der Waals surface area contributed by atoms with E-state index in [1.807, 2.05) is 47.9 Å². The Balaban J connectivity index is 0.00000208. The minimum Gasteiger partial charge on any atom is -0.337 e. The zero-order valence-corrected chi connectivity index (χ0v) is 14.9. The number of nitrogens with two attached hydrogens (primary N) is 1. The molecular formula is C19H19Cl2FN2. The van der Waals surface area contributed by atoms with Gasteiger partial charge in [-0.2, -0.15) is 0 Å². The molecule has 2 nitrogen and oxygen atoms in total. The molecule has 5 heteroatoms. The van der Waals surface area contributed by atoms with Gasteiger partial charge in [-0.25, -0.2) is 4.39 Å². The van der Waals surface area contributed by atoms with Crippen LogP contribution in [0, 0.1) is 6.92 Å². The maximum absolute atomic E-state index is 14.0. The summed E-state index contributed by atoms with van der Waals surface area (Å²) in [4.78, 5) is 0. The molecule has 0 bridgehead atoms. The number of hydrogen-bond acceptors (Lipinski definition) is 1. The van der Waals surface area contributed by atoms with Gasteiger partial charge in [-0.3, -0.25) is 0 Å².